The van der Waals surface area contributed by atoms with Crippen LogP contribution in [-0.4, -0.2) is 27.1 Å². The zero-order valence-electron chi connectivity index (χ0n) is 10.1. The number of ether oxygens (including phenoxy) is 1. The topological polar surface area (TPSA) is 63.6 Å². The van der Waals surface area contributed by atoms with Crippen LogP contribution in [0.3, 0.4) is 0 Å². The number of hydrogen-bond donors (Lipinski definition) is 1. The molecular formula is C11H22O4S. The molecular weight excluding hydrogens is 228 g/mol. The summed E-state index contributed by atoms with van der Waals surface area (Å²) in [5.41, 5.74) is 0. The van der Waals surface area contributed by atoms with Crippen LogP contribution in [0.1, 0.15) is 46.0 Å². The molecule has 0 amide bonds. The summed E-state index contributed by atoms with van der Waals surface area (Å²) >= 11 is -1.93. The number of carbonyl (C=O) groups is 1. The van der Waals surface area contributed by atoms with Gasteiger partial charge in [0.2, 0.25) is 0 Å². The van der Waals surface area contributed by atoms with Gasteiger partial charge in [-0.1, -0.05) is 33.1 Å². The van der Waals surface area contributed by atoms with Gasteiger partial charge in [0.1, 0.15) is 0 Å². The molecule has 16 heavy (non-hydrogen) atoms. The second-order valence-electron chi connectivity index (χ2n) is 3.82. The molecule has 0 saturated carbocycles. The van der Waals surface area contributed by atoms with Gasteiger partial charge >= 0.3 is 5.97 Å². The molecule has 0 aliphatic heterocycles. The van der Waals surface area contributed by atoms with Crippen molar-refractivity contribution in [2.24, 2.45) is 5.92 Å². The minimum absolute atomic E-state index is 0.0235. The van der Waals surface area contributed by atoms with E-state index in [-0.39, 0.29) is 11.7 Å². The van der Waals surface area contributed by atoms with Crippen LogP contribution < -0.4 is 0 Å². The molecule has 0 aromatic carbocycles. The highest BCUT2D eigenvalue weighted by molar-refractivity contribution is 7.79. The Morgan fingerprint density at radius 3 is 2.50 bits per heavy atom. The van der Waals surface area contributed by atoms with E-state index in [0.717, 1.165) is 25.7 Å². The molecule has 0 fully saturated rings. The largest absolute Gasteiger partial charge is 0.465 e. The molecule has 0 spiro atoms. The highest BCUT2D eigenvalue weighted by atomic mass is 32.2. The van der Waals surface area contributed by atoms with Crippen molar-refractivity contribution < 1.29 is 18.3 Å². The average molecular weight is 250 g/mol. The molecule has 96 valence electrons. The lowest BCUT2D eigenvalue weighted by atomic mass is 10.1. The maximum absolute atomic E-state index is 11.5. The summed E-state index contributed by atoms with van der Waals surface area (Å²) in [6, 6.07) is 0. The summed E-state index contributed by atoms with van der Waals surface area (Å²) in [7, 11) is 0. The first-order valence-corrected chi connectivity index (χ1v) is 7.13. The van der Waals surface area contributed by atoms with Gasteiger partial charge in [0.25, 0.3) is 0 Å². The summed E-state index contributed by atoms with van der Waals surface area (Å²) in [6.07, 6.45) is 4.77. The first-order valence-electron chi connectivity index (χ1n) is 5.85. The number of esters is 1. The zero-order valence-corrected chi connectivity index (χ0v) is 10.9. The van der Waals surface area contributed by atoms with Crippen LogP contribution in [0.4, 0.5) is 0 Å². The maximum atomic E-state index is 11.5. The van der Waals surface area contributed by atoms with E-state index in [1.54, 1.807) is 0 Å². The molecule has 5 heteroatoms. The predicted octanol–water partition coefficient (Wildman–Crippen LogP) is 2.36. The first-order chi connectivity index (χ1) is 7.61. The van der Waals surface area contributed by atoms with Crippen molar-refractivity contribution in [1.82, 2.24) is 0 Å². The zero-order chi connectivity index (χ0) is 12.4. The normalized spacial score (nSPS) is 14.4. The smallest absolute Gasteiger partial charge is 0.309 e. The molecule has 0 aromatic heterocycles. The minimum atomic E-state index is -1.93. The molecule has 0 saturated heterocycles. The predicted molar refractivity (Wildman–Crippen MR) is 64.5 cm³/mol. The monoisotopic (exact) mass is 250 g/mol. The van der Waals surface area contributed by atoms with Gasteiger partial charge in [-0.3, -0.25) is 4.79 Å². The summed E-state index contributed by atoms with van der Waals surface area (Å²) in [5.74, 6) is -0.817. The van der Waals surface area contributed by atoms with E-state index in [2.05, 4.69) is 6.92 Å². The fourth-order valence-electron chi connectivity index (χ4n) is 1.34. The molecule has 0 heterocycles. The third kappa shape index (κ3) is 7.82. The molecule has 0 aliphatic carbocycles. The van der Waals surface area contributed by atoms with Crippen LogP contribution in [0, 0.1) is 5.92 Å². The van der Waals surface area contributed by atoms with E-state index < -0.39 is 17.0 Å². The maximum Gasteiger partial charge on any atom is 0.309 e. The van der Waals surface area contributed by atoms with Gasteiger partial charge in [-0.2, -0.15) is 0 Å². The Morgan fingerprint density at radius 1 is 1.31 bits per heavy atom. The highest BCUT2D eigenvalue weighted by Gasteiger charge is 2.19. The lowest BCUT2D eigenvalue weighted by molar-refractivity contribution is -0.148. The van der Waals surface area contributed by atoms with Crippen LogP contribution >= 0.6 is 0 Å². The number of hydrogen-bond acceptors (Lipinski definition) is 3. The fourth-order valence-corrected chi connectivity index (χ4v) is 2.06. The Balaban J connectivity index is 3.71. The molecule has 0 aliphatic rings. The van der Waals surface area contributed by atoms with Crippen LogP contribution in [-0.2, 0) is 20.6 Å². The Labute approximate surface area is 100 Å². The van der Waals surface area contributed by atoms with E-state index >= 15 is 0 Å². The number of carbonyl (C=O) groups excluding carboxylic acids is 1. The van der Waals surface area contributed by atoms with Crippen molar-refractivity contribution in [2.45, 2.75) is 46.0 Å². The Bertz CT molecular complexity index is 218. The number of rotatable bonds is 9. The van der Waals surface area contributed by atoms with Crippen LogP contribution in [0.25, 0.3) is 0 Å². The lowest BCUT2D eigenvalue weighted by Crippen LogP contribution is -2.23. The first kappa shape index (κ1) is 15.6. The van der Waals surface area contributed by atoms with Crippen LogP contribution in [0.5, 0.6) is 0 Å². The third-order valence-electron chi connectivity index (χ3n) is 2.41. The van der Waals surface area contributed by atoms with Crippen molar-refractivity contribution in [3.8, 4) is 0 Å². The van der Waals surface area contributed by atoms with Gasteiger partial charge < -0.3 is 9.29 Å². The van der Waals surface area contributed by atoms with Gasteiger partial charge in [-0.05, 0) is 12.8 Å². The molecule has 2 atom stereocenters. The van der Waals surface area contributed by atoms with E-state index in [4.69, 9.17) is 9.29 Å². The van der Waals surface area contributed by atoms with Gasteiger partial charge in [0.05, 0.1) is 18.3 Å². The van der Waals surface area contributed by atoms with E-state index in [1.165, 1.54) is 0 Å². The molecule has 0 rings (SSSR count). The Morgan fingerprint density at radius 2 is 2.00 bits per heavy atom. The second-order valence-corrected chi connectivity index (χ2v) is 4.80. The van der Waals surface area contributed by atoms with E-state index in [9.17, 15) is 9.00 Å². The number of unbranched alkanes of at least 4 members (excludes halogenated alkanes) is 3. The minimum Gasteiger partial charge on any atom is -0.465 e. The van der Waals surface area contributed by atoms with Crippen molar-refractivity contribution >= 4 is 17.0 Å². The Kier molecular flexibility index (Phi) is 9.52. The van der Waals surface area contributed by atoms with Crippen molar-refractivity contribution in [2.75, 3.05) is 12.4 Å². The van der Waals surface area contributed by atoms with E-state index in [1.807, 2.05) is 6.92 Å². The molecule has 0 radical (unpaired) electrons. The summed E-state index contributed by atoms with van der Waals surface area (Å²) in [6.45, 7) is 4.36. The van der Waals surface area contributed by atoms with Gasteiger partial charge in [0.15, 0.2) is 11.1 Å². The van der Waals surface area contributed by atoms with Gasteiger partial charge in [0, 0.05) is 0 Å². The molecule has 2 unspecified atom stereocenters. The van der Waals surface area contributed by atoms with Crippen LogP contribution in [0.2, 0.25) is 0 Å². The summed E-state index contributed by atoms with van der Waals surface area (Å²) < 4.78 is 24.4. The standard InChI is InChI=1S/C11H22O4S/c1-3-5-6-7-8-15-11(12)10(4-2)9-16(13)14/h10H,3-9H2,1-2H3,(H,13,14). The second kappa shape index (κ2) is 9.78. The van der Waals surface area contributed by atoms with Crippen LogP contribution in [0.15, 0.2) is 0 Å². The quantitative estimate of drug-likeness (QED) is 0.387. The summed E-state index contributed by atoms with van der Waals surface area (Å²) in [5, 5.41) is 0. The summed E-state index contributed by atoms with van der Waals surface area (Å²) in [4.78, 5) is 11.5. The fraction of sp³-hybridized carbons (Fsp3) is 0.909. The molecule has 4 nitrogen and oxygen atoms in total. The lowest BCUT2D eigenvalue weighted by Gasteiger charge is -2.12. The van der Waals surface area contributed by atoms with Crippen molar-refractivity contribution in [1.29, 1.82) is 0 Å². The molecule has 0 aromatic rings. The van der Waals surface area contributed by atoms with Crippen molar-refractivity contribution in [3.63, 3.8) is 0 Å². The Hall–Kier alpha value is -0.420. The molecule has 1 N–H and O–H groups in total. The van der Waals surface area contributed by atoms with Gasteiger partial charge in [-0.15, -0.1) is 0 Å². The average Bonchev–Trinajstić information content (AvgIpc) is 2.25. The van der Waals surface area contributed by atoms with E-state index in [0.29, 0.717) is 13.0 Å². The van der Waals surface area contributed by atoms with Crippen molar-refractivity contribution in [3.05, 3.63) is 0 Å². The van der Waals surface area contributed by atoms with Gasteiger partial charge in [-0.25, -0.2) is 4.21 Å². The highest BCUT2D eigenvalue weighted by Crippen LogP contribution is 2.08. The SMILES string of the molecule is CCCCCCOC(=O)C(CC)CS(=O)O. The molecule has 0 bridgehead atoms. The third-order valence-corrected chi connectivity index (χ3v) is 3.10.